The van der Waals surface area contributed by atoms with Crippen molar-refractivity contribution in [1.82, 2.24) is 4.90 Å². The van der Waals surface area contributed by atoms with E-state index < -0.39 is 0 Å². The van der Waals surface area contributed by atoms with Gasteiger partial charge in [-0.2, -0.15) is 0 Å². The molecule has 17 heavy (non-hydrogen) atoms. The number of esters is 1. The predicted octanol–water partition coefficient (Wildman–Crippen LogP) is 0.675. The molecule has 0 aromatic rings. The lowest BCUT2D eigenvalue weighted by atomic mass is 10.2. The van der Waals surface area contributed by atoms with Crippen LogP contribution in [0.25, 0.3) is 0 Å². The van der Waals surface area contributed by atoms with Crippen LogP contribution in [0, 0.1) is 0 Å². The fourth-order valence-electron chi connectivity index (χ4n) is 1.77. The average Bonchev–Trinajstić information content (AvgIpc) is 2.29. The first-order valence-electron chi connectivity index (χ1n) is 6.25. The van der Waals surface area contributed by atoms with Gasteiger partial charge >= 0.3 is 5.97 Å². The van der Waals surface area contributed by atoms with Crippen LogP contribution in [-0.2, 0) is 19.0 Å². The van der Waals surface area contributed by atoms with E-state index in [-0.39, 0.29) is 18.1 Å². The molecule has 0 amide bonds. The SMILES string of the molecule is CCOC(=O)[C@H]1COCCN1CCOC(C)C. The molecule has 5 nitrogen and oxygen atoms in total. The fraction of sp³-hybridized carbons (Fsp3) is 0.917. The molecule has 0 saturated carbocycles. The maximum atomic E-state index is 11.7. The largest absolute Gasteiger partial charge is 0.465 e. The van der Waals surface area contributed by atoms with E-state index in [0.717, 1.165) is 13.1 Å². The van der Waals surface area contributed by atoms with Crippen molar-refractivity contribution in [1.29, 1.82) is 0 Å². The standard InChI is InChI=1S/C12H23NO4/c1-4-16-12(14)11-9-15-7-5-13(11)6-8-17-10(2)3/h10-11H,4-9H2,1-3H3/t11-/m1/s1. The maximum absolute atomic E-state index is 11.7. The van der Waals surface area contributed by atoms with Gasteiger partial charge in [-0.25, -0.2) is 0 Å². The number of nitrogens with zero attached hydrogens (tertiary/aromatic N) is 1. The smallest absolute Gasteiger partial charge is 0.325 e. The number of rotatable bonds is 6. The van der Waals surface area contributed by atoms with Crippen molar-refractivity contribution in [3.05, 3.63) is 0 Å². The summed E-state index contributed by atoms with van der Waals surface area (Å²) in [6, 6.07) is -0.278. The van der Waals surface area contributed by atoms with Gasteiger partial charge in [0, 0.05) is 13.1 Å². The minimum atomic E-state index is -0.278. The van der Waals surface area contributed by atoms with Gasteiger partial charge in [0.05, 0.1) is 32.5 Å². The molecule has 1 aliphatic rings. The van der Waals surface area contributed by atoms with Gasteiger partial charge in [-0.05, 0) is 20.8 Å². The van der Waals surface area contributed by atoms with Crippen LogP contribution in [-0.4, -0.2) is 62.5 Å². The van der Waals surface area contributed by atoms with Crippen LogP contribution in [0.5, 0.6) is 0 Å². The van der Waals surface area contributed by atoms with Crippen LogP contribution in [0.3, 0.4) is 0 Å². The van der Waals surface area contributed by atoms with E-state index in [1.165, 1.54) is 0 Å². The van der Waals surface area contributed by atoms with Gasteiger partial charge in [0.25, 0.3) is 0 Å². The van der Waals surface area contributed by atoms with Gasteiger partial charge in [0.2, 0.25) is 0 Å². The van der Waals surface area contributed by atoms with E-state index >= 15 is 0 Å². The van der Waals surface area contributed by atoms with Crippen LogP contribution in [0.2, 0.25) is 0 Å². The monoisotopic (exact) mass is 245 g/mol. The Labute approximate surface area is 103 Å². The molecular weight excluding hydrogens is 222 g/mol. The third-order valence-electron chi connectivity index (χ3n) is 2.63. The van der Waals surface area contributed by atoms with E-state index in [1.54, 1.807) is 0 Å². The molecule has 100 valence electrons. The second kappa shape index (κ2) is 7.63. The van der Waals surface area contributed by atoms with E-state index in [9.17, 15) is 4.79 Å². The number of hydrogen-bond donors (Lipinski definition) is 0. The molecule has 1 heterocycles. The van der Waals surface area contributed by atoms with Crippen molar-refractivity contribution in [2.24, 2.45) is 0 Å². The van der Waals surface area contributed by atoms with Crippen LogP contribution < -0.4 is 0 Å². The molecule has 1 aliphatic heterocycles. The Balaban J connectivity index is 2.39. The summed E-state index contributed by atoms with van der Waals surface area (Å²) < 4.78 is 15.9. The summed E-state index contributed by atoms with van der Waals surface area (Å²) in [4.78, 5) is 13.8. The molecule has 1 rings (SSSR count). The summed E-state index contributed by atoms with van der Waals surface area (Å²) in [5.74, 6) is -0.197. The van der Waals surface area contributed by atoms with Crippen LogP contribution in [0.15, 0.2) is 0 Å². The van der Waals surface area contributed by atoms with E-state index in [4.69, 9.17) is 14.2 Å². The Hall–Kier alpha value is -0.650. The van der Waals surface area contributed by atoms with Gasteiger partial charge in [-0.15, -0.1) is 0 Å². The third-order valence-corrected chi connectivity index (χ3v) is 2.63. The second-order valence-corrected chi connectivity index (χ2v) is 4.30. The molecule has 0 aliphatic carbocycles. The summed E-state index contributed by atoms with van der Waals surface area (Å²) in [5, 5.41) is 0. The lowest BCUT2D eigenvalue weighted by Gasteiger charge is -2.33. The van der Waals surface area contributed by atoms with Crippen molar-refractivity contribution < 1.29 is 19.0 Å². The zero-order chi connectivity index (χ0) is 12.7. The van der Waals surface area contributed by atoms with Crippen molar-refractivity contribution in [3.8, 4) is 0 Å². The Bertz CT molecular complexity index is 233. The van der Waals surface area contributed by atoms with Gasteiger partial charge in [0.15, 0.2) is 0 Å². The fourth-order valence-corrected chi connectivity index (χ4v) is 1.77. The van der Waals surface area contributed by atoms with Crippen molar-refractivity contribution in [2.45, 2.75) is 32.9 Å². The molecular formula is C12H23NO4. The number of hydrogen-bond acceptors (Lipinski definition) is 5. The molecule has 0 spiro atoms. The molecule has 0 bridgehead atoms. The Morgan fingerprint density at radius 3 is 2.94 bits per heavy atom. The maximum Gasteiger partial charge on any atom is 0.325 e. The predicted molar refractivity (Wildman–Crippen MR) is 63.9 cm³/mol. The van der Waals surface area contributed by atoms with Crippen LogP contribution in [0.1, 0.15) is 20.8 Å². The summed E-state index contributed by atoms with van der Waals surface area (Å²) in [5.41, 5.74) is 0. The Kier molecular flexibility index (Phi) is 6.47. The number of carbonyl (C=O) groups is 1. The highest BCUT2D eigenvalue weighted by Gasteiger charge is 2.30. The minimum absolute atomic E-state index is 0.197. The molecule has 1 fully saturated rings. The quantitative estimate of drug-likeness (QED) is 0.644. The highest BCUT2D eigenvalue weighted by molar-refractivity contribution is 5.76. The lowest BCUT2D eigenvalue weighted by molar-refractivity contribution is -0.156. The number of carbonyl (C=O) groups excluding carboxylic acids is 1. The van der Waals surface area contributed by atoms with E-state index in [0.29, 0.717) is 26.4 Å². The van der Waals surface area contributed by atoms with Gasteiger partial charge in [-0.3, -0.25) is 9.69 Å². The zero-order valence-corrected chi connectivity index (χ0v) is 11.0. The van der Waals surface area contributed by atoms with E-state index in [1.807, 2.05) is 20.8 Å². The van der Waals surface area contributed by atoms with Crippen LogP contribution in [0.4, 0.5) is 0 Å². The summed E-state index contributed by atoms with van der Waals surface area (Å²) in [7, 11) is 0. The lowest BCUT2D eigenvalue weighted by Crippen LogP contribution is -2.51. The third kappa shape index (κ3) is 5.02. The normalized spacial score (nSPS) is 21.8. The van der Waals surface area contributed by atoms with E-state index in [2.05, 4.69) is 4.90 Å². The topological polar surface area (TPSA) is 48.0 Å². The molecule has 0 aromatic heterocycles. The first-order valence-corrected chi connectivity index (χ1v) is 6.25. The summed E-state index contributed by atoms with van der Waals surface area (Å²) in [6.45, 7) is 9.44. The highest BCUT2D eigenvalue weighted by atomic mass is 16.5. The first kappa shape index (κ1) is 14.4. The Morgan fingerprint density at radius 2 is 2.29 bits per heavy atom. The minimum Gasteiger partial charge on any atom is -0.465 e. The molecule has 0 N–H and O–H groups in total. The average molecular weight is 245 g/mol. The highest BCUT2D eigenvalue weighted by Crippen LogP contribution is 2.08. The molecule has 0 aromatic carbocycles. The second-order valence-electron chi connectivity index (χ2n) is 4.30. The first-order chi connectivity index (χ1) is 8.15. The van der Waals surface area contributed by atoms with Crippen molar-refractivity contribution in [3.63, 3.8) is 0 Å². The summed E-state index contributed by atoms with van der Waals surface area (Å²) >= 11 is 0. The molecule has 1 saturated heterocycles. The molecule has 0 unspecified atom stereocenters. The molecule has 0 radical (unpaired) electrons. The van der Waals surface area contributed by atoms with Crippen molar-refractivity contribution in [2.75, 3.05) is 39.5 Å². The number of morpholine rings is 1. The number of ether oxygens (including phenoxy) is 3. The van der Waals surface area contributed by atoms with Gasteiger partial charge in [-0.1, -0.05) is 0 Å². The molecule has 1 atom stereocenters. The Morgan fingerprint density at radius 1 is 1.53 bits per heavy atom. The van der Waals surface area contributed by atoms with Gasteiger partial charge in [0.1, 0.15) is 6.04 Å². The van der Waals surface area contributed by atoms with Crippen LogP contribution >= 0.6 is 0 Å². The van der Waals surface area contributed by atoms with Gasteiger partial charge < -0.3 is 14.2 Å². The zero-order valence-electron chi connectivity index (χ0n) is 11.0. The van der Waals surface area contributed by atoms with Crippen molar-refractivity contribution >= 4 is 5.97 Å². The summed E-state index contributed by atoms with van der Waals surface area (Å²) in [6.07, 6.45) is 0.220. The molecule has 5 heteroatoms.